The molecule has 3 heteroatoms. The summed E-state index contributed by atoms with van der Waals surface area (Å²) in [7, 11) is 0. The molecule has 0 aromatic rings. The lowest BCUT2D eigenvalue weighted by Gasteiger charge is -2.46. The van der Waals surface area contributed by atoms with Crippen molar-refractivity contribution >= 4 is 0 Å². The van der Waals surface area contributed by atoms with E-state index >= 15 is 0 Å². The molecule has 2 rings (SSSR count). The molecule has 0 aromatic heterocycles. The molecule has 1 atom stereocenters. The Kier molecular flexibility index (Phi) is 3.88. The molecule has 1 aliphatic carbocycles. The SMILES string of the molecule is CC1(C)CN(C2CCCC2)CC(CCO)N1. The third-order valence-corrected chi connectivity index (χ3v) is 3.97. The van der Waals surface area contributed by atoms with Crippen molar-refractivity contribution in [1.82, 2.24) is 10.2 Å². The maximum Gasteiger partial charge on any atom is 0.0446 e. The van der Waals surface area contributed by atoms with Gasteiger partial charge in [-0.15, -0.1) is 0 Å². The molecule has 3 nitrogen and oxygen atoms in total. The van der Waals surface area contributed by atoms with Gasteiger partial charge in [-0.2, -0.15) is 0 Å². The van der Waals surface area contributed by atoms with Gasteiger partial charge in [0, 0.05) is 37.3 Å². The van der Waals surface area contributed by atoms with Gasteiger partial charge in [-0.1, -0.05) is 12.8 Å². The van der Waals surface area contributed by atoms with E-state index in [2.05, 4.69) is 24.1 Å². The summed E-state index contributed by atoms with van der Waals surface area (Å²) < 4.78 is 0. The number of hydrogen-bond donors (Lipinski definition) is 2. The fraction of sp³-hybridized carbons (Fsp3) is 1.00. The second-order valence-electron chi connectivity index (χ2n) is 6.11. The van der Waals surface area contributed by atoms with Crippen molar-refractivity contribution in [2.75, 3.05) is 19.7 Å². The maximum absolute atomic E-state index is 9.08. The molecule has 1 unspecified atom stereocenters. The normalized spacial score (nSPS) is 32.1. The van der Waals surface area contributed by atoms with E-state index in [-0.39, 0.29) is 5.54 Å². The fourth-order valence-electron chi connectivity index (χ4n) is 3.37. The van der Waals surface area contributed by atoms with E-state index < -0.39 is 0 Å². The first kappa shape index (κ1) is 12.3. The molecule has 2 fully saturated rings. The maximum atomic E-state index is 9.08. The summed E-state index contributed by atoms with van der Waals surface area (Å²) in [4.78, 5) is 2.66. The van der Waals surface area contributed by atoms with Gasteiger partial charge in [0.1, 0.15) is 0 Å². The van der Waals surface area contributed by atoms with Gasteiger partial charge >= 0.3 is 0 Å². The fourth-order valence-corrected chi connectivity index (χ4v) is 3.37. The zero-order valence-corrected chi connectivity index (χ0v) is 10.7. The van der Waals surface area contributed by atoms with Crippen molar-refractivity contribution in [3.8, 4) is 0 Å². The molecule has 1 heterocycles. The minimum absolute atomic E-state index is 0.195. The highest BCUT2D eigenvalue weighted by molar-refractivity contribution is 4.95. The predicted octanol–water partition coefficient (Wildman–Crippen LogP) is 1.36. The Morgan fingerprint density at radius 2 is 2.00 bits per heavy atom. The minimum atomic E-state index is 0.195. The van der Waals surface area contributed by atoms with Gasteiger partial charge in [-0.05, 0) is 33.1 Å². The Hall–Kier alpha value is -0.120. The van der Waals surface area contributed by atoms with Crippen LogP contribution in [0.25, 0.3) is 0 Å². The van der Waals surface area contributed by atoms with Crippen LogP contribution in [-0.4, -0.2) is 47.3 Å². The third kappa shape index (κ3) is 2.96. The lowest BCUT2D eigenvalue weighted by atomic mass is 9.95. The summed E-state index contributed by atoms with van der Waals surface area (Å²) in [5.74, 6) is 0. The Bertz CT molecular complexity index is 224. The first-order chi connectivity index (χ1) is 7.61. The number of hydrogen-bond acceptors (Lipinski definition) is 3. The van der Waals surface area contributed by atoms with Gasteiger partial charge in [0.15, 0.2) is 0 Å². The van der Waals surface area contributed by atoms with Gasteiger partial charge < -0.3 is 10.4 Å². The lowest BCUT2D eigenvalue weighted by molar-refractivity contribution is 0.0710. The number of piperazine rings is 1. The van der Waals surface area contributed by atoms with E-state index in [0.717, 1.165) is 25.6 Å². The highest BCUT2D eigenvalue weighted by Gasteiger charge is 2.35. The first-order valence-corrected chi connectivity index (χ1v) is 6.73. The number of aliphatic hydroxyl groups excluding tert-OH is 1. The zero-order chi connectivity index (χ0) is 11.6. The zero-order valence-electron chi connectivity index (χ0n) is 10.7. The summed E-state index contributed by atoms with van der Waals surface area (Å²) >= 11 is 0. The van der Waals surface area contributed by atoms with Crippen LogP contribution in [0.4, 0.5) is 0 Å². The van der Waals surface area contributed by atoms with E-state index in [1.807, 2.05) is 0 Å². The molecule has 2 N–H and O–H groups in total. The second kappa shape index (κ2) is 5.03. The lowest BCUT2D eigenvalue weighted by Crippen LogP contribution is -2.63. The quantitative estimate of drug-likeness (QED) is 0.763. The Balaban J connectivity index is 1.96. The van der Waals surface area contributed by atoms with Gasteiger partial charge in [0.05, 0.1) is 0 Å². The summed E-state index contributed by atoms with van der Waals surface area (Å²) in [6.45, 7) is 7.12. The van der Waals surface area contributed by atoms with Crippen LogP contribution in [0.1, 0.15) is 46.0 Å². The number of nitrogens with zero attached hydrogens (tertiary/aromatic N) is 1. The minimum Gasteiger partial charge on any atom is -0.396 e. The molecular weight excluding hydrogens is 200 g/mol. The molecule has 0 spiro atoms. The number of nitrogens with one attached hydrogen (secondary N) is 1. The van der Waals surface area contributed by atoms with Gasteiger partial charge in [-0.25, -0.2) is 0 Å². The molecule has 1 saturated heterocycles. The molecule has 0 aromatic carbocycles. The average molecular weight is 226 g/mol. The number of rotatable bonds is 3. The standard InChI is InChI=1S/C13H26N2O/c1-13(2)10-15(12-5-3-4-6-12)9-11(14-13)7-8-16/h11-12,14,16H,3-10H2,1-2H3. The largest absolute Gasteiger partial charge is 0.396 e. The van der Waals surface area contributed by atoms with Crippen molar-refractivity contribution in [2.24, 2.45) is 0 Å². The summed E-state index contributed by atoms with van der Waals surface area (Å²) in [5.41, 5.74) is 0.195. The first-order valence-electron chi connectivity index (χ1n) is 6.73. The van der Waals surface area contributed by atoms with Gasteiger partial charge in [-0.3, -0.25) is 4.90 Å². The van der Waals surface area contributed by atoms with Crippen LogP contribution < -0.4 is 5.32 Å². The molecule has 2 aliphatic rings. The van der Waals surface area contributed by atoms with Crippen LogP contribution in [-0.2, 0) is 0 Å². The van der Waals surface area contributed by atoms with Crippen LogP contribution in [0.2, 0.25) is 0 Å². The summed E-state index contributed by atoms with van der Waals surface area (Å²) in [6, 6.07) is 1.27. The highest BCUT2D eigenvalue weighted by Crippen LogP contribution is 2.27. The van der Waals surface area contributed by atoms with Crippen LogP contribution in [0, 0.1) is 0 Å². The number of aliphatic hydroxyl groups is 1. The Labute approximate surface area is 99.2 Å². The smallest absolute Gasteiger partial charge is 0.0446 e. The molecular formula is C13H26N2O. The second-order valence-corrected chi connectivity index (χ2v) is 6.11. The van der Waals surface area contributed by atoms with Gasteiger partial charge in [0.2, 0.25) is 0 Å². The highest BCUT2D eigenvalue weighted by atomic mass is 16.3. The van der Waals surface area contributed by atoms with E-state index in [9.17, 15) is 0 Å². The van der Waals surface area contributed by atoms with Gasteiger partial charge in [0.25, 0.3) is 0 Å². The van der Waals surface area contributed by atoms with Crippen molar-refractivity contribution in [1.29, 1.82) is 0 Å². The van der Waals surface area contributed by atoms with Crippen molar-refractivity contribution < 1.29 is 5.11 Å². The predicted molar refractivity (Wildman–Crippen MR) is 66.5 cm³/mol. The van der Waals surface area contributed by atoms with E-state index in [1.54, 1.807) is 0 Å². The molecule has 16 heavy (non-hydrogen) atoms. The van der Waals surface area contributed by atoms with Crippen LogP contribution >= 0.6 is 0 Å². The van der Waals surface area contributed by atoms with E-state index in [1.165, 1.54) is 25.7 Å². The third-order valence-electron chi connectivity index (χ3n) is 3.97. The summed E-state index contributed by atoms with van der Waals surface area (Å²) in [5, 5.41) is 12.7. The topological polar surface area (TPSA) is 35.5 Å². The van der Waals surface area contributed by atoms with E-state index in [4.69, 9.17) is 5.11 Å². The molecule has 0 amide bonds. The Morgan fingerprint density at radius 1 is 1.31 bits per heavy atom. The van der Waals surface area contributed by atoms with Crippen LogP contribution in [0.5, 0.6) is 0 Å². The molecule has 0 radical (unpaired) electrons. The Morgan fingerprint density at radius 3 is 2.62 bits per heavy atom. The monoisotopic (exact) mass is 226 g/mol. The van der Waals surface area contributed by atoms with Crippen molar-refractivity contribution in [2.45, 2.75) is 63.6 Å². The van der Waals surface area contributed by atoms with Crippen molar-refractivity contribution in [3.05, 3.63) is 0 Å². The van der Waals surface area contributed by atoms with Crippen LogP contribution in [0.3, 0.4) is 0 Å². The molecule has 1 aliphatic heterocycles. The molecule has 1 saturated carbocycles. The molecule has 94 valence electrons. The molecule has 0 bridgehead atoms. The average Bonchev–Trinajstić information content (AvgIpc) is 2.68. The summed E-state index contributed by atoms with van der Waals surface area (Å²) in [6.07, 6.45) is 6.44. The van der Waals surface area contributed by atoms with Crippen LogP contribution in [0.15, 0.2) is 0 Å². The van der Waals surface area contributed by atoms with E-state index in [0.29, 0.717) is 12.6 Å². The van der Waals surface area contributed by atoms with Crippen molar-refractivity contribution in [3.63, 3.8) is 0 Å².